The van der Waals surface area contributed by atoms with E-state index in [0.29, 0.717) is 45.9 Å². The third kappa shape index (κ3) is 8.57. The molecule has 0 aliphatic heterocycles. The van der Waals surface area contributed by atoms with Gasteiger partial charge in [-0.2, -0.15) is 10.2 Å². The predicted octanol–water partition coefficient (Wildman–Crippen LogP) is 9.73. The normalized spacial score (nSPS) is 14.0. The van der Waals surface area contributed by atoms with Crippen LogP contribution in [0.3, 0.4) is 0 Å². The van der Waals surface area contributed by atoms with Crippen LogP contribution in [0.25, 0.3) is 0 Å². The molecule has 0 saturated carbocycles. The number of benzene rings is 4. The average Bonchev–Trinajstić information content (AvgIpc) is 3.12. The van der Waals surface area contributed by atoms with Gasteiger partial charge in [0.1, 0.15) is 11.7 Å². The molecule has 2 unspecified atom stereocenters. The minimum absolute atomic E-state index is 0.103. The number of rotatable bonds is 12. The van der Waals surface area contributed by atoms with Gasteiger partial charge in [0.2, 0.25) is 0 Å². The summed E-state index contributed by atoms with van der Waals surface area (Å²) < 4.78 is 0. The van der Waals surface area contributed by atoms with Crippen LogP contribution < -0.4 is 21.5 Å². The highest BCUT2D eigenvalue weighted by Crippen LogP contribution is 2.39. The zero-order chi connectivity index (χ0) is 34.7. The molecule has 48 heavy (non-hydrogen) atoms. The third-order valence-corrected chi connectivity index (χ3v) is 8.88. The first-order chi connectivity index (χ1) is 23.0. The second-order valence-corrected chi connectivity index (χ2v) is 12.4. The van der Waals surface area contributed by atoms with Crippen molar-refractivity contribution < 1.29 is 4.79 Å². The number of carbonyl (C=O) groups is 1. The van der Waals surface area contributed by atoms with Gasteiger partial charge in [-0.25, -0.2) is 0 Å². The predicted molar refractivity (Wildman–Crippen MR) is 203 cm³/mol. The van der Waals surface area contributed by atoms with E-state index in [-0.39, 0.29) is 5.78 Å². The quantitative estimate of drug-likeness (QED) is 0.0519. The summed E-state index contributed by atoms with van der Waals surface area (Å²) in [5, 5.41) is 17.6. The number of hydrogen-bond donors (Lipinski definition) is 4. The number of Topliss-reactive ketones (excluding diaryl/α,β-unsaturated/α-hetero) is 1. The minimum atomic E-state index is -1.12. The van der Waals surface area contributed by atoms with Crippen LogP contribution in [0.15, 0.2) is 107 Å². The molecule has 0 aliphatic rings. The fourth-order valence-corrected chi connectivity index (χ4v) is 5.17. The molecular formula is C39H38Cl2N6O. The first-order valence-electron chi connectivity index (χ1n) is 15.5. The summed E-state index contributed by atoms with van der Waals surface area (Å²) in [6.45, 7) is 7.70. The molecule has 244 valence electrons. The molecule has 0 aliphatic carbocycles. The van der Waals surface area contributed by atoms with Crippen molar-refractivity contribution in [3.05, 3.63) is 118 Å². The van der Waals surface area contributed by atoms with Gasteiger partial charge in [0.05, 0.1) is 22.2 Å². The van der Waals surface area contributed by atoms with Crippen LogP contribution in [-0.2, 0) is 4.79 Å². The van der Waals surface area contributed by atoms with Crippen LogP contribution in [0.2, 0.25) is 10.0 Å². The number of nitrogens with one attached hydrogen (secondary N) is 4. The van der Waals surface area contributed by atoms with Gasteiger partial charge >= 0.3 is 0 Å². The molecule has 4 aromatic rings. The van der Waals surface area contributed by atoms with Crippen LogP contribution in [-0.4, -0.2) is 17.5 Å². The average molecular weight is 678 g/mol. The zero-order valence-electron chi connectivity index (χ0n) is 27.4. The van der Waals surface area contributed by atoms with Crippen molar-refractivity contribution in [3.63, 3.8) is 0 Å². The number of anilines is 4. The summed E-state index contributed by atoms with van der Waals surface area (Å²) >= 11 is 12.2. The molecule has 0 radical (unpaired) electrons. The molecule has 0 heterocycles. The van der Waals surface area contributed by atoms with Crippen molar-refractivity contribution in [2.45, 2.75) is 40.5 Å². The molecule has 0 saturated heterocycles. The lowest BCUT2D eigenvalue weighted by atomic mass is 9.67. The molecule has 2 atom stereocenters. The van der Waals surface area contributed by atoms with Crippen LogP contribution >= 0.6 is 23.2 Å². The van der Waals surface area contributed by atoms with Crippen LogP contribution in [0.5, 0.6) is 0 Å². The number of terminal acetylenes is 2. The van der Waals surface area contributed by atoms with Crippen LogP contribution in [0.1, 0.15) is 51.7 Å². The zero-order valence-corrected chi connectivity index (χ0v) is 28.9. The topological polar surface area (TPSA) is 89.9 Å². The number of hydrazone groups is 2. The summed E-state index contributed by atoms with van der Waals surface area (Å²) in [6, 6.07) is 29.1. The van der Waals surface area contributed by atoms with Crippen molar-refractivity contribution in [1.29, 1.82) is 0 Å². The third-order valence-electron chi connectivity index (χ3n) is 8.37. The molecule has 0 fully saturated rings. The van der Waals surface area contributed by atoms with E-state index >= 15 is 4.79 Å². The molecular weight excluding hydrogens is 639 g/mol. The van der Waals surface area contributed by atoms with E-state index in [1.165, 1.54) is 0 Å². The van der Waals surface area contributed by atoms with Crippen molar-refractivity contribution >= 4 is 63.4 Å². The Kier molecular flexibility index (Phi) is 11.9. The number of amidine groups is 2. The van der Waals surface area contributed by atoms with E-state index in [1.54, 1.807) is 24.3 Å². The Morgan fingerprint density at radius 3 is 1.21 bits per heavy atom. The maximum atomic E-state index is 15.1. The summed E-state index contributed by atoms with van der Waals surface area (Å²) in [5.74, 6) is 6.00. The van der Waals surface area contributed by atoms with Gasteiger partial charge in [0.25, 0.3) is 0 Å². The molecule has 0 amide bonds. The Labute approximate surface area is 293 Å². The molecule has 0 spiro atoms. The largest absolute Gasteiger partial charge is 0.341 e. The van der Waals surface area contributed by atoms with Gasteiger partial charge in [0.15, 0.2) is 5.78 Å². The lowest BCUT2D eigenvalue weighted by Gasteiger charge is -2.38. The Morgan fingerprint density at radius 2 is 0.917 bits per heavy atom. The van der Waals surface area contributed by atoms with Crippen LogP contribution in [0, 0.1) is 35.5 Å². The molecule has 0 aromatic heterocycles. The van der Waals surface area contributed by atoms with E-state index < -0.39 is 10.8 Å². The van der Waals surface area contributed by atoms with Gasteiger partial charge in [-0.05, 0) is 124 Å². The highest BCUT2D eigenvalue weighted by atomic mass is 35.5. The molecule has 7 nitrogen and oxygen atoms in total. The van der Waals surface area contributed by atoms with Crippen molar-refractivity contribution in [2.24, 2.45) is 21.0 Å². The Hall–Kier alpha value is -5.21. The second-order valence-electron chi connectivity index (χ2n) is 11.6. The fourth-order valence-electron chi connectivity index (χ4n) is 4.92. The van der Waals surface area contributed by atoms with E-state index in [1.807, 2.05) is 100 Å². The maximum absolute atomic E-state index is 15.1. The molecule has 9 heteroatoms. The second kappa shape index (κ2) is 16.1. The van der Waals surface area contributed by atoms with Gasteiger partial charge in [-0.15, -0.1) is 12.8 Å². The van der Waals surface area contributed by atoms with Crippen LogP contribution in [0.4, 0.5) is 22.7 Å². The van der Waals surface area contributed by atoms with E-state index in [0.717, 1.165) is 22.5 Å². The number of halogens is 2. The van der Waals surface area contributed by atoms with Crippen molar-refractivity contribution in [3.8, 4) is 24.7 Å². The number of hydrogen-bond acceptors (Lipinski definition) is 5. The van der Waals surface area contributed by atoms with E-state index in [2.05, 4.69) is 33.3 Å². The van der Waals surface area contributed by atoms with E-state index in [9.17, 15) is 0 Å². The number of nitrogens with zero attached hydrogens (tertiary/aromatic N) is 2. The summed E-state index contributed by atoms with van der Waals surface area (Å²) in [5.41, 5.74) is 8.31. The Bertz CT molecular complexity index is 1720. The SMILES string of the molecule is C#Cc1ccc(NC(=NNc2ccc(Cl)cc2)C(C)(CC)C(=O)C(C)(CC)C(=NNc2ccc(Cl)cc2)Nc2ccc(C#C)cc2)cc1. The molecule has 4 rings (SSSR count). The Balaban J connectivity index is 1.79. The lowest BCUT2D eigenvalue weighted by Crippen LogP contribution is -2.52. The monoisotopic (exact) mass is 676 g/mol. The van der Waals surface area contributed by atoms with Gasteiger partial charge < -0.3 is 10.6 Å². The number of ketones is 1. The smallest absolute Gasteiger partial charge is 0.159 e. The van der Waals surface area contributed by atoms with Crippen molar-refractivity contribution in [1.82, 2.24) is 0 Å². The maximum Gasteiger partial charge on any atom is 0.159 e. The summed E-state index contributed by atoms with van der Waals surface area (Å²) in [6.07, 6.45) is 12.0. The molecule has 4 N–H and O–H groups in total. The number of carbonyl (C=O) groups excluding carboxylic acids is 1. The first kappa shape index (κ1) is 35.6. The van der Waals surface area contributed by atoms with Gasteiger partial charge in [-0.1, -0.05) is 48.9 Å². The first-order valence-corrected chi connectivity index (χ1v) is 16.2. The molecule has 0 bridgehead atoms. The highest BCUT2D eigenvalue weighted by molar-refractivity contribution is 6.31. The Morgan fingerprint density at radius 1 is 0.604 bits per heavy atom. The van der Waals surface area contributed by atoms with Gasteiger partial charge in [0, 0.05) is 32.5 Å². The molecule has 4 aromatic carbocycles. The lowest BCUT2D eigenvalue weighted by molar-refractivity contribution is -0.131. The fraction of sp³-hybridized carbons (Fsp3) is 0.205. The van der Waals surface area contributed by atoms with Gasteiger partial charge in [-0.3, -0.25) is 15.6 Å². The summed E-state index contributed by atoms with van der Waals surface area (Å²) in [7, 11) is 0. The standard InChI is InChI=1S/C39H38Cl2N6O/c1-7-27-11-19-31(20-12-27)42-36(46-44-33-23-15-29(40)16-24-33)38(5,9-3)35(48)39(6,10-4)37(43-32-21-13-28(8-2)14-22-32)47-45-34-25-17-30(41)18-26-34/h1-2,11-26,44-45H,9-10H2,3-6H3,(H,42,46)(H,43,47). The van der Waals surface area contributed by atoms with E-state index in [4.69, 9.17) is 46.3 Å². The minimum Gasteiger partial charge on any atom is -0.341 e. The van der Waals surface area contributed by atoms with Crippen molar-refractivity contribution in [2.75, 3.05) is 21.5 Å². The summed E-state index contributed by atoms with van der Waals surface area (Å²) in [4.78, 5) is 15.1. The highest BCUT2D eigenvalue weighted by Gasteiger charge is 2.49.